The maximum Gasteiger partial charge on any atom is 0.319 e. The SMILES string of the molecule is CCc1c(F)ccc2cc(OCOC)cc(-c3ncc4c(N5CCCC6(CCC(=O)O6)C5)nc(OC[C@@]56CCCN5CC(F)C6)nc4c3F)c12. The number of halogens is 3. The molecule has 0 N–H and O–H groups in total. The molecule has 2 aromatic carbocycles. The van der Waals surface area contributed by atoms with Gasteiger partial charge in [-0.25, -0.2) is 13.2 Å². The van der Waals surface area contributed by atoms with E-state index in [0.29, 0.717) is 84.2 Å². The van der Waals surface area contributed by atoms with E-state index in [4.69, 9.17) is 23.9 Å². The molecule has 50 heavy (non-hydrogen) atoms. The number of aromatic nitrogens is 3. The van der Waals surface area contributed by atoms with Crippen molar-refractivity contribution in [3.63, 3.8) is 0 Å². The van der Waals surface area contributed by atoms with Crippen LogP contribution >= 0.6 is 0 Å². The Hall–Kier alpha value is -4.23. The first-order valence-corrected chi connectivity index (χ1v) is 17.4. The molecule has 0 aliphatic carbocycles. The molecule has 4 fully saturated rings. The molecule has 8 rings (SSSR count). The van der Waals surface area contributed by atoms with Crippen LogP contribution in [0.4, 0.5) is 19.0 Å². The smallest absolute Gasteiger partial charge is 0.319 e. The van der Waals surface area contributed by atoms with Crippen molar-refractivity contribution in [3.05, 3.63) is 47.7 Å². The molecule has 264 valence electrons. The normalized spacial score (nSPS) is 25.2. The fraction of sp³-hybridized carbons (Fsp3) is 0.514. The number of esters is 1. The van der Waals surface area contributed by atoms with Crippen LogP contribution in [-0.2, 0) is 20.7 Å². The van der Waals surface area contributed by atoms with Gasteiger partial charge in [0.15, 0.2) is 12.6 Å². The van der Waals surface area contributed by atoms with Gasteiger partial charge in [-0.05, 0) is 79.6 Å². The van der Waals surface area contributed by atoms with Gasteiger partial charge >= 0.3 is 12.0 Å². The number of hydrogen-bond acceptors (Lipinski definition) is 10. The molecule has 2 aromatic heterocycles. The van der Waals surface area contributed by atoms with Crippen molar-refractivity contribution in [1.82, 2.24) is 19.9 Å². The van der Waals surface area contributed by atoms with E-state index >= 15 is 8.78 Å². The molecule has 2 unspecified atom stereocenters. The van der Waals surface area contributed by atoms with E-state index < -0.39 is 28.9 Å². The summed E-state index contributed by atoms with van der Waals surface area (Å²) in [6.07, 6.45) is 5.48. The van der Waals surface area contributed by atoms with Gasteiger partial charge in [0, 0.05) is 44.8 Å². The van der Waals surface area contributed by atoms with Crippen LogP contribution in [0.1, 0.15) is 57.4 Å². The number of carbonyl (C=O) groups is 1. The Bertz CT molecular complexity index is 1980. The van der Waals surface area contributed by atoms with Crippen molar-refractivity contribution in [3.8, 4) is 23.0 Å². The van der Waals surface area contributed by atoms with E-state index in [1.165, 1.54) is 19.4 Å². The largest absolute Gasteiger partial charge is 0.468 e. The highest BCUT2D eigenvalue weighted by atomic mass is 19.1. The highest BCUT2D eigenvalue weighted by Crippen LogP contribution is 2.43. The number of methoxy groups -OCH3 is 1. The van der Waals surface area contributed by atoms with Gasteiger partial charge < -0.3 is 23.8 Å². The Morgan fingerprint density at radius 3 is 2.74 bits per heavy atom. The maximum absolute atomic E-state index is 17.2. The lowest BCUT2D eigenvalue weighted by molar-refractivity contribution is -0.148. The summed E-state index contributed by atoms with van der Waals surface area (Å²) in [5, 5.41) is 1.55. The first-order valence-electron chi connectivity index (χ1n) is 17.4. The summed E-state index contributed by atoms with van der Waals surface area (Å²) in [6, 6.07) is 6.40. The van der Waals surface area contributed by atoms with Crippen molar-refractivity contribution in [2.45, 2.75) is 75.6 Å². The second kappa shape index (κ2) is 12.8. The monoisotopic (exact) mass is 691 g/mol. The number of ether oxygens (including phenoxy) is 4. The number of rotatable bonds is 9. The van der Waals surface area contributed by atoms with Crippen molar-refractivity contribution >= 4 is 33.5 Å². The van der Waals surface area contributed by atoms with E-state index in [1.54, 1.807) is 18.2 Å². The number of benzene rings is 2. The molecule has 0 amide bonds. The van der Waals surface area contributed by atoms with Gasteiger partial charge in [0.25, 0.3) is 0 Å². The Morgan fingerprint density at radius 1 is 1.08 bits per heavy atom. The molecule has 4 aliphatic rings. The third-order valence-corrected chi connectivity index (χ3v) is 10.9. The van der Waals surface area contributed by atoms with Crippen LogP contribution < -0.4 is 14.4 Å². The molecule has 4 aliphatic heterocycles. The standard InChI is InChI=1S/C37H40F3N5O5/c1-3-25-28(39)7-6-22-14-24(49-21-47-2)15-26(30(22)25)32-31(40)33-27(17-41-32)34(44-12-5-10-37(19-44)11-8-29(46)50-37)43-35(42-33)48-20-36-9-4-13-45(36)18-23(38)16-36/h6-7,14-15,17,23H,3-5,8-13,16,18-21H2,1-2H3/t23?,36-,37?/m0/s1. The summed E-state index contributed by atoms with van der Waals surface area (Å²) in [7, 11) is 1.50. The summed E-state index contributed by atoms with van der Waals surface area (Å²) < 4.78 is 69.9. The Balaban J connectivity index is 1.27. The Morgan fingerprint density at radius 2 is 1.94 bits per heavy atom. The maximum atomic E-state index is 17.2. The third kappa shape index (κ3) is 5.68. The fourth-order valence-corrected chi connectivity index (χ4v) is 8.63. The zero-order chi connectivity index (χ0) is 34.6. The highest BCUT2D eigenvalue weighted by Gasteiger charge is 2.49. The van der Waals surface area contributed by atoms with Crippen LogP contribution in [0.15, 0.2) is 30.5 Å². The number of alkyl halides is 1. The lowest BCUT2D eigenvalue weighted by Crippen LogP contribution is -2.48. The second-order valence-electron chi connectivity index (χ2n) is 14.1. The summed E-state index contributed by atoms with van der Waals surface area (Å²) in [6.45, 7) is 4.13. The molecule has 0 bridgehead atoms. The lowest BCUT2D eigenvalue weighted by atomic mass is 9.90. The van der Waals surface area contributed by atoms with E-state index in [9.17, 15) is 9.18 Å². The number of aryl methyl sites for hydroxylation is 1. The molecule has 1 spiro atoms. The molecule has 0 saturated carbocycles. The number of piperidine rings is 1. The van der Waals surface area contributed by atoms with Gasteiger partial charge in [-0.15, -0.1) is 0 Å². The molecule has 0 radical (unpaired) electrons. The minimum Gasteiger partial charge on any atom is -0.468 e. The number of fused-ring (bicyclic) bond motifs is 3. The number of hydrogen-bond donors (Lipinski definition) is 0. The first kappa shape index (κ1) is 32.9. The van der Waals surface area contributed by atoms with Gasteiger partial charge in [0.05, 0.1) is 17.5 Å². The zero-order valence-electron chi connectivity index (χ0n) is 28.3. The van der Waals surface area contributed by atoms with Crippen LogP contribution in [-0.4, -0.2) is 89.8 Å². The summed E-state index contributed by atoms with van der Waals surface area (Å²) in [5.74, 6) is -0.525. The number of carbonyl (C=O) groups excluding carboxylic acids is 1. The van der Waals surface area contributed by atoms with Crippen LogP contribution in [0.5, 0.6) is 11.8 Å². The lowest BCUT2D eigenvalue weighted by Gasteiger charge is -2.40. The molecular weight excluding hydrogens is 651 g/mol. The van der Waals surface area contributed by atoms with Crippen LogP contribution in [0.2, 0.25) is 0 Å². The topological polar surface area (TPSA) is 99.1 Å². The average molecular weight is 692 g/mol. The summed E-state index contributed by atoms with van der Waals surface area (Å²) in [4.78, 5) is 30.4. The Kier molecular flexibility index (Phi) is 8.45. The highest BCUT2D eigenvalue weighted by molar-refractivity contribution is 6.02. The van der Waals surface area contributed by atoms with E-state index in [2.05, 4.69) is 14.9 Å². The zero-order valence-corrected chi connectivity index (χ0v) is 28.3. The van der Waals surface area contributed by atoms with Crippen LogP contribution in [0.3, 0.4) is 0 Å². The second-order valence-corrected chi connectivity index (χ2v) is 14.1. The molecule has 13 heteroatoms. The van der Waals surface area contributed by atoms with E-state index in [0.717, 1.165) is 32.2 Å². The quantitative estimate of drug-likeness (QED) is 0.147. The van der Waals surface area contributed by atoms with Gasteiger partial charge in [0.2, 0.25) is 0 Å². The van der Waals surface area contributed by atoms with Gasteiger partial charge in [-0.1, -0.05) is 13.0 Å². The average Bonchev–Trinajstić information content (AvgIpc) is 3.77. The number of nitrogens with zero attached hydrogens (tertiary/aromatic N) is 5. The Labute approximate surface area is 287 Å². The van der Waals surface area contributed by atoms with Crippen molar-refractivity contribution in [1.29, 1.82) is 0 Å². The van der Waals surface area contributed by atoms with Gasteiger partial charge in [-0.2, -0.15) is 9.97 Å². The molecule has 4 saturated heterocycles. The predicted molar refractivity (Wildman–Crippen MR) is 180 cm³/mol. The first-order chi connectivity index (χ1) is 24.2. The van der Waals surface area contributed by atoms with Crippen molar-refractivity contribution < 1.29 is 36.9 Å². The molecule has 3 atom stereocenters. The van der Waals surface area contributed by atoms with E-state index in [1.807, 2.05) is 11.8 Å². The number of anilines is 1. The van der Waals surface area contributed by atoms with Crippen molar-refractivity contribution in [2.75, 3.05) is 51.6 Å². The number of pyridine rings is 1. The van der Waals surface area contributed by atoms with Crippen LogP contribution in [0, 0.1) is 11.6 Å². The minimum atomic E-state index is -0.937. The van der Waals surface area contributed by atoms with E-state index in [-0.39, 0.29) is 36.6 Å². The minimum absolute atomic E-state index is 0.0144. The molecular formula is C37H40F3N5O5. The summed E-state index contributed by atoms with van der Waals surface area (Å²) >= 11 is 0. The van der Waals surface area contributed by atoms with Crippen LogP contribution in [0.25, 0.3) is 32.9 Å². The van der Waals surface area contributed by atoms with Gasteiger partial charge in [-0.3, -0.25) is 14.7 Å². The molecule has 4 aromatic rings. The molecule has 6 heterocycles. The predicted octanol–water partition coefficient (Wildman–Crippen LogP) is 6.30. The van der Waals surface area contributed by atoms with Crippen molar-refractivity contribution in [2.24, 2.45) is 0 Å². The third-order valence-electron chi connectivity index (χ3n) is 10.9. The summed E-state index contributed by atoms with van der Waals surface area (Å²) in [5.41, 5.74) is -0.378. The fourth-order valence-electron chi connectivity index (χ4n) is 8.63. The van der Waals surface area contributed by atoms with Gasteiger partial charge in [0.1, 0.15) is 47.0 Å². The molecule has 10 nitrogen and oxygen atoms in total.